The lowest BCUT2D eigenvalue weighted by atomic mass is 10.1. The van der Waals surface area contributed by atoms with Crippen molar-refractivity contribution >= 4 is 39.1 Å². The zero-order valence-electron chi connectivity index (χ0n) is 18.3. The van der Waals surface area contributed by atoms with Crippen molar-refractivity contribution in [2.75, 3.05) is 5.32 Å². The van der Waals surface area contributed by atoms with Crippen molar-refractivity contribution < 1.29 is 14.3 Å². The molecule has 0 aliphatic heterocycles. The van der Waals surface area contributed by atoms with Gasteiger partial charge >= 0.3 is 5.97 Å². The number of carbonyl (C=O) groups is 2. The zero-order valence-corrected chi connectivity index (χ0v) is 19.1. The first-order valence-electron chi connectivity index (χ1n) is 10.5. The number of nitrogens with one attached hydrogen (secondary N) is 1. The van der Waals surface area contributed by atoms with Gasteiger partial charge in [-0.2, -0.15) is 0 Å². The largest absolute Gasteiger partial charge is 0.447 e. The highest BCUT2D eigenvalue weighted by Crippen LogP contribution is 2.23. The molecule has 2 aromatic heterocycles. The Hall–Kier alpha value is -3.78. The summed E-state index contributed by atoms with van der Waals surface area (Å²) in [6.07, 6.45) is 0.237. The van der Waals surface area contributed by atoms with E-state index in [0.717, 1.165) is 11.1 Å². The Bertz CT molecular complexity index is 1360. The van der Waals surface area contributed by atoms with E-state index in [1.54, 1.807) is 35.7 Å². The Morgan fingerprint density at radius 2 is 1.91 bits per heavy atom. The number of ether oxygens (including phenoxy) is 1. The number of thiophene rings is 1. The summed E-state index contributed by atoms with van der Waals surface area (Å²) in [7, 11) is 0. The van der Waals surface area contributed by atoms with Gasteiger partial charge in [-0.15, -0.1) is 11.3 Å². The van der Waals surface area contributed by atoms with Crippen LogP contribution < -0.4 is 10.9 Å². The summed E-state index contributed by atoms with van der Waals surface area (Å²) in [5.41, 5.74) is 2.93. The molecule has 0 saturated heterocycles. The minimum absolute atomic E-state index is 0.0721. The highest BCUT2D eigenvalue weighted by Gasteiger charge is 2.25. The number of amides is 1. The first kappa shape index (κ1) is 22.4. The predicted octanol–water partition coefficient (Wildman–Crippen LogP) is 4.39. The fourth-order valence-electron chi connectivity index (χ4n) is 3.42. The Morgan fingerprint density at radius 3 is 2.70 bits per heavy atom. The maximum absolute atomic E-state index is 13.1. The Balaban J connectivity index is 1.49. The zero-order chi connectivity index (χ0) is 23.4. The van der Waals surface area contributed by atoms with Crippen LogP contribution >= 0.6 is 11.3 Å². The molecule has 1 unspecified atom stereocenters. The molecule has 0 bridgehead atoms. The molecule has 1 atom stereocenters. The van der Waals surface area contributed by atoms with Gasteiger partial charge in [-0.1, -0.05) is 42.5 Å². The molecular weight excluding hydrogens is 438 g/mol. The molecule has 0 radical (unpaired) electrons. The predicted molar refractivity (Wildman–Crippen MR) is 128 cm³/mol. The molecule has 2 aromatic carbocycles. The van der Waals surface area contributed by atoms with E-state index in [2.05, 4.69) is 10.3 Å². The Kier molecular flexibility index (Phi) is 6.65. The van der Waals surface area contributed by atoms with E-state index >= 15 is 0 Å². The second-order valence-corrected chi connectivity index (χ2v) is 8.62. The number of hydrogen-bond donors (Lipinski definition) is 1. The maximum atomic E-state index is 13.1. The lowest BCUT2D eigenvalue weighted by molar-refractivity contribution is -0.155. The van der Waals surface area contributed by atoms with Crippen molar-refractivity contribution in [1.29, 1.82) is 0 Å². The summed E-state index contributed by atoms with van der Waals surface area (Å²) in [5.74, 6) is -1.03. The number of nitrogens with zero attached hydrogens (tertiary/aromatic N) is 2. The number of aryl methyl sites for hydroxylation is 3. The third-order valence-electron chi connectivity index (χ3n) is 5.25. The summed E-state index contributed by atoms with van der Waals surface area (Å²) in [6.45, 7) is 3.94. The van der Waals surface area contributed by atoms with Crippen molar-refractivity contribution in [2.45, 2.75) is 32.9 Å². The van der Waals surface area contributed by atoms with Gasteiger partial charge in [-0.3, -0.25) is 19.0 Å². The molecule has 168 valence electrons. The molecule has 1 N–H and O–H groups in total. The normalized spacial score (nSPS) is 11.8. The average Bonchev–Trinajstić information content (AvgIpc) is 3.30. The van der Waals surface area contributed by atoms with E-state index in [1.165, 1.54) is 22.2 Å². The SMILES string of the molecule is Cc1ccc(C)c(NC(=O)C(OC(=O)CCn2cnc3sccc3c2=O)c2ccccc2)c1. The number of fused-ring (bicyclic) bond motifs is 1. The van der Waals surface area contributed by atoms with E-state index in [4.69, 9.17) is 4.74 Å². The Labute approximate surface area is 194 Å². The highest BCUT2D eigenvalue weighted by molar-refractivity contribution is 7.16. The molecule has 2 heterocycles. The van der Waals surface area contributed by atoms with Crippen LogP contribution in [0.15, 0.2) is 71.1 Å². The van der Waals surface area contributed by atoms with E-state index in [1.807, 2.05) is 38.1 Å². The van der Waals surface area contributed by atoms with E-state index in [9.17, 15) is 14.4 Å². The van der Waals surface area contributed by atoms with Crippen LogP contribution in [0.5, 0.6) is 0 Å². The van der Waals surface area contributed by atoms with Gasteiger partial charge in [0.05, 0.1) is 18.1 Å². The fourth-order valence-corrected chi connectivity index (χ4v) is 4.15. The second kappa shape index (κ2) is 9.79. The quantitative estimate of drug-likeness (QED) is 0.412. The number of hydrogen-bond acceptors (Lipinski definition) is 6. The van der Waals surface area contributed by atoms with Crippen LogP contribution in [0.1, 0.15) is 29.2 Å². The van der Waals surface area contributed by atoms with Crippen LogP contribution in [0, 0.1) is 13.8 Å². The monoisotopic (exact) mass is 461 g/mol. The van der Waals surface area contributed by atoms with Gasteiger partial charge in [0.1, 0.15) is 4.83 Å². The van der Waals surface area contributed by atoms with Gasteiger partial charge in [0, 0.05) is 17.8 Å². The van der Waals surface area contributed by atoms with Gasteiger partial charge in [-0.05, 0) is 42.5 Å². The summed E-state index contributed by atoms with van der Waals surface area (Å²) in [4.78, 5) is 43.2. The molecule has 4 rings (SSSR count). The number of anilines is 1. The first-order valence-corrected chi connectivity index (χ1v) is 11.4. The number of aromatic nitrogens is 2. The summed E-state index contributed by atoms with van der Waals surface area (Å²) >= 11 is 1.39. The summed E-state index contributed by atoms with van der Waals surface area (Å²) < 4.78 is 6.97. The third-order valence-corrected chi connectivity index (χ3v) is 6.07. The van der Waals surface area contributed by atoms with Crippen LogP contribution in [0.2, 0.25) is 0 Å². The summed E-state index contributed by atoms with van der Waals surface area (Å²) in [6, 6.07) is 16.3. The lowest BCUT2D eigenvalue weighted by Crippen LogP contribution is -2.27. The smallest absolute Gasteiger partial charge is 0.308 e. The molecule has 0 aliphatic carbocycles. The van der Waals surface area contributed by atoms with Crippen LogP contribution in [0.25, 0.3) is 10.2 Å². The molecule has 8 heteroatoms. The van der Waals surface area contributed by atoms with E-state index < -0.39 is 18.0 Å². The van der Waals surface area contributed by atoms with Gasteiger partial charge in [0.15, 0.2) is 0 Å². The first-order chi connectivity index (χ1) is 15.9. The average molecular weight is 462 g/mol. The molecule has 7 nitrogen and oxygen atoms in total. The number of benzene rings is 2. The van der Waals surface area contributed by atoms with Gasteiger partial charge < -0.3 is 10.1 Å². The van der Waals surface area contributed by atoms with Gasteiger partial charge in [0.2, 0.25) is 6.10 Å². The highest BCUT2D eigenvalue weighted by atomic mass is 32.1. The lowest BCUT2D eigenvalue weighted by Gasteiger charge is -2.19. The van der Waals surface area contributed by atoms with Crippen LogP contribution in [0.3, 0.4) is 0 Å². The molecule has 4 aromatic rings. The van der Waals surface area contributed by atoms with E-state index in [-0.39, 0.29) is 18.5 Å². The molecule has 0 aliphatic rings. The molecule has 0 saturated carbocycles. The van der Waals surface area contributed by atoms with Crippen LogP contribution in [-0.2, 0) is 20.9 Å². The molecule has 33 heavy (non-hydrogen) atoms. The van der Waals surface area contributed by atoms with Crippen molar-refractivity contribution in [3.63, 3.8) is 0 Å². The minimum atomic E-state index is -1.12. The molecule has 0 fully saturated rings. The van der Waals surface area contributed by atoms with Crippen LogP contribution in [0.4, 0.5) is 5.69 Å². The van der Waals surface area contributed by atoms with Crippen molar-refractivity contribution in [1.82, 2.24) is 9.55 Å². The number of rotatable bonds is 7. The van der Waals surface area contributed by atoms with Crippen molar-refractivity contribution in [2.24, 2.45) is 0 Å². The van der Waals surface area contributed by atoms with E-state index in [0.29, 0.717) is 21.5 Å². The number of esters is 1. The maximum Gasteiger partial charge on any atom is 0.308 e. The Morgan fingerprint density at radius 1 is 1.12 bits per heavy atom. The topological polar surface area (TPSA) is 90.3 Å². The molecule has 1 amide bonds. The molecule has 0 spiro atoms. The third kappa shape index (κ3) is 5.18. The van der Waals surface area contributed by atoms with Gasteiger partial charge in [0.25, 0.3) is 11.5 Å². The minimum Gasteiger partial charge on any atom is -0.447 e. The second-order valence-electron chi connectivity index (χ2n) is 7.72. The number of carbonyl (C=O) groups excluding carboxylic acids is 2. The standard InChI is InChI=1S/C25H23N3O4S/c1-16-8-9-17(2)20(14-16)27-23(30)22(18-6-4-3-5-7-18)32-21(29)10-12-28-15-26-24-19(25(28)31)11-13-33-24/h3-9,11,13-15,22H,10,12H2,1-2H3,(H,27,30). The summed E-state index contributed by atoms with van der Waals surface area (Å²) in [5, 5.41) is 5.20. The molecular formula is C25H23N3O4S. The fraction of sp³-hybridized carbons (Fsp3) is 0.200. The van der Waals surface area contributed by atoms with Crippen molar-refractivity contribution in [3.05, 3.63) is 93.3 Å². The van der Waals surface area contributed by atoms with Crippen molar-refractivity contribution in [3.8, 4) is 0 Å². The van der Waals surface area contributed by atoms with Crippen LogP contribution in [-0.4, -0.2) is 21.4 Å². The van der Waals surface area contributed by atoms with Gasteiger partial charge in [-0.25, -0.2) is 4.98 Å².